The summed E-state index contributed by atoms with van der Waals surface area (Å²) in [7, 11) is 0. The lowest BCUT2D eigenvalue weighted by atomic mass is 9.90. The largest absolute Gasteiger partial charge is 0.309 e. The second-order valence-corrected chi connectivity index (χ2v) is 16.2. The number of thiophene rings is 2. The molecule has 1 nitrogen and oxygen atoms in total. The average Bonchev–Trinajstić information content (AvgIpc) is 3.83. The highest BCUT2D eigenvalue weighted by atomic mass is 32.1. The van der Waals surface area contributed by atoms with Crippen molar-refractivity contribution in [1.29, 1.82) is 0 Å². The molecule has 0 radical (unpaired) electrons. The Bertz CT molecular complexity index is 3200. The number of hydrogen-bond acceptors (Lipinski definition) is 3. The van der Waals surface area contributed by atoms with Crippen LogP contribution in [0.1, 0.15) is 0 Å². The first kappa shape index (κ1) is 32.0. The van der Waals surface area contributed by atoms with Crippen LogP contribution < -0.4 is 4.90 Å². The fraction of sp³-hybridized carbons (Fsp3) is 0. The van der Waals surface area contributed by atoms with Gasteiger partial charge in [0.15, 0.2) is 0 Å². The predicted molar refractivity (Wildman–Crippen MR) is 241 cm³/mol. The van der Waals surface area contributed by atoms with Gasteiger partial charge in [0.1, 0.15) is 0 Å². The van der Waals surface area contributed by atoms with E-state index >= 15 is 0 Å². The van der Waals surface area contributed by atoms with E-state index in [4.69, 9.17) is 0 Å². The zero-order chi connectivity index (χ0) is 36.3. The number of rotatable bonds is 6. The number of anilines is 3. The molecule has 0 atom stereocenters. The Kier molecular flexibility index (Phi) is 7.61. The Morgan fingerprint density at radius 3 is 1.75 bits per heavy atom. The Balaban J connectivity index is 1.17. The lowest BCUT2D eigenvalue weighted by Gasteiger charge is -2.27. The van der Waals surface area contributed by atoms with E-state index in [1.54, 1.807) is 0 Å². The van der Waals surface area contributed by atoms with Crippen LogP contribution in [-0.2, 0) is 0 Å². The number of nitrogens with zero attached hydrogens (tertiary/aromatic N) is 1. The van der Waals surface area contributed by atoms with Crippen LogP contribution in [0.3, 0.4) is 0 Å². The molecule has 0 N–H and O–H groups in total. The van der Waals surface area contributed by atoms with Gasteiger partial charge in [0.25, 0.3) is 0 Å². The first-order valence-corrected chi connectivity index (χ1v) is 20.3. The van der Waals surface area contributed by atoms with Crippen LogP contribution in [0.15, 0.2) is 200 Å². The summed E-state index contributed by atoms with van der Waals surface area (Å²) >= 11 is 3.74. The lowest BCUT2D eigenvalue weighted by Crippen LogP contribution is -2.10. The molecule has 9 aromatic carbocycles. The second kappa shape index (κ2) is 13.1. The van der Waals surface area contributed by atoms with Crippen molar-refractivity contribution in [3.8, 4) is 33.4 Å². The standard InChI is InChI=1S/C52H33NS2/c1-2-12-34(13-3-1)35-24-27-38(28-25-35)53(48-21-11-20-46-44-18-7-9-23-50(44)55-52(46)48)39-29-31-42(41-19-10-15-36-14-4-5-16-40(36)41)47(33-39)37-26-30-45-43-17-6-8-22-49(43)54-51(45)32-37/h1-33H. The summed E-state index contributed by atoms with van der Waals surface area (Å²) in [5.74, 6) is 0. The quantitative estimate of drug-likeness (QED) is 0.164. The lowest BCUT2D eigenvalue weighted by molar-refractivity contribution is 1.30. The maximum Gasteiger partial charge on any atom is 0.0640 e. The molecule has 0 unspecified atom stereocenters. The third-order valence-corrected chi connectivity index (χ3v) is 13.2. The van der Waals surface area contributed by atoms with E-state index in [0.717, 1.165) is 11.4 Å². The third-order valence-electron chi connectivity index (χ3n) is 10.9. The number of fused-ring (bicyclic) bond motifs is 7. The van der Waals surface area contributed by atoms with Gasteiger partial charge in [0.2, 0.25) is 0 Å². The molecular weight excluding hydrogens is 703 g/mol. The topological polar surface area (TPSA) is 3.24 Å². The van der Waals surface area contributed by atoms with E-state index in [1.807, 2.05) is 22.7 Å². The normalized spacial score (nSPS) is 11.6. The van der Waals surface area contributed by atoms with Crippen molar-refractivity contribution < 1.29 is 0 Å². The molecule has 2 aromatic heterocycles. The maximum atomic E-state index is 2.46. The third kappa shape index (κ3) is 5.43. The molecule has 11 rings (SSSR count). The first-order valence-electron chi connectivity index (χ1n) is 18.7. The molecule has 55 heavy (non-hydrogen) atoms. The van der Waals surface area contributed by atoms with E-state index in [-0.39, 0.29) is 0 Å². The minimum absolute atomic E-state index is 1.12. The maximum absolute atomic E-state index is 2.46. The molecule has 0 bridgehead atoms. The molecule has 2 heterocycles. The summed E-state index contributed by atoms with van der Waals surface area (Å²) in [5, 5.41) is 7.71. The van der Waals surface area contributed by atoms with Crippen molar-refractivity contribution in [1.82, 2.24) is 0 Å². The van der Waals surface area contributed by atoms with Crippen molar-refractivity contribution in [2.45, 2.75) is 0 Å². The smallest absolute Gasteiger partial charge is 0.0640 e. The fourth-order valence-electron chi connectivity index (χ4n) is 8.27. The Hall–Kier alpha value is -6.52. The molecule has 0 aliphatic carbocycles. The zero-order valence-electron chi connectivity index (χ0n) is 29.8. The summed E-state index contributed by atoms with van der Waals surface area (Å²) in [6, 6.07) is 73.5. The summed E-state index contributed by atoms with van der Waals surface area (Å²) < 4.78 is 5.20. The molecule has 0 aliphatic rings. The van der Waals surface area contributed by atoms with Gasteiger partial charge in [-0.2, -0.15) is 0 Å². The van der Waals surface area contributed by atoms with Crippen molar-refractivity contribution in [3.05, 3.63) is 200 Å². The van der Waals surface area contributed by atoms with E-state index in [0.29, 0.717) is 0 Å². The summed E-state index contributed by atoms with van der Waals surface area (Å²) in [5.41, 5.74) is 10.7. The zero-order valence-corrected chi connectivity index (χ0v) is 31.4. The molecule has 0 saturated heterocycles. The van der Waals surface area contributed by atoms with Crippen molar-refractivity contribution >= 4 is 90.9 Å². The van der Waals surface area contributed by atoms with Gasteiger partial charge in [-0.05, 0) is 92.7 Å². The van der Waals surface area contributed by atoms with Crippen LogP contribution in [0.5, 0.6) is 0 Å². The highest BCUT2D eigenvalue weighted by Crippen LogP contribution is 2.48. The van der Waals surface area contributed by atoms with Gasteiger partial charge in [-0.25, -0.2) is 0 Å². The fourth-order valence-corrected chi connectivity index (χ4v) is 10.6. The van der Waals surface area contributed by atoms with E-state index in [9.17, 15) is 0 Å². The van der Waals surface area contributed by atoms with Crippen LogP contribution in [0.2, 0.25) is 0 Å². The molecule has 3 heteroatoms. The van der Waals surface area contributed by atoms with Crippen LogP contribution in [0.4, 0.5) is 17.1 Å². The minimum Gasteiger partial charge on any atom is -0.309 e. The number of benzene rings is 9. The summed E-state index contributed by atoms with van der Waals surface area (Å²) in [6.07, 6.45) is 0. The minimum atomic E-state index is 1.12. The molecule has 258 valence electrons. The SMILES string of the molecule is c1ccc(-c2ccc(N(c3ccc(-c4cccc5ccccc45)c(-c4ccc5c(c4)sc4ccccc45)c3)c3cccc4c3sc3ccccc34)cc2)cc1. The van der Waals surface area contributed by atoms with Gasteiger partial charge in [-0.3, -0.25) is 0 Å². The van der Waals surface area contributed by atoms with Gasteiger partial charge >= 0.3 is 0 Å². The first-order chi connectivity index (χ1) is 27.3. The Morgan fingerprint density at radius 1 is 0.309 bits per heavy atom. The van der Waals surface area contributed by atoms with Crippen LogP contribution in [0.25, 0.3) is 84.5 Å². The molecule has 11 aromatic rings. The van der Waals surface area contributed by atoms with Crippen LogP contribution in [0, 0.1) is 0 Å². The second-order valence-electron chi connectivity index (χ2n) is 14.1. The summed E-state index contributed by atoms with van der Waals surface area (Å²) in [4.78, 5) is 2.46. The highest BCUT2D eigenvalue weighted by molar-refractivity contribution is 7.26. The molecule has 0 amide bonds. The number of hydrogen-bond donors (Lipinski definition) is 0. The molecule has 0 aliphatic heterocycles. The summed E-state index contributed by atoms with van der Waals surface area (Å²) in [6.45, 7) is 0. The average molecular weight is 736 g/mol. The van der Waals surface area contributed by atoms with Gasteiger partial charge in [-0.15, -0.1) is 22.7 Å². The van der Waals surface area contributed by atoms with E-state index in [2.05, 4.69) is 205 Å². The van der Waals surface area contributed by atoms with E-state index < -0.39 is 0 Å². The molecule has 0 fully saturated rings. The monoisotopic (exact) mass is 735 g/mol. The molecular formula is C52H33NS2. The van der Waals surface area contributed by atoms with Gasteiger partial charge in [-0.1, -0.05) is 152 Å². The van der Waals surface area contributed by atoms with Gasteiger partial charge < -0.3 is 4.90 Å². The predicted octanol–water partition coefficient (Wildman–Crippen LogP) is 16.0. The van der Waals surface area contributed by atoms with E-state index in [1.165, 1.54) is 90.2 Å². The molecule has 0 saturated carbocycles. The molecule has 0 spiro atoms. The van der Waals surface area contributed by atoms with Crippen molar-refractivity contribution in [3.63, 3.8) is 0 Å². The van der Waals surface area contributed by atoms with Crippen LogP contribution in [-0.4, -0.2) is 0 Å². The Morgan fingerprint density at radius 2 is 0.909 bits per heavy atom. The van der Waals surface area contributed by atoms with Gasteiger partial charge in [0, 0.05) is 47.0 Å². The van der Waals surface area contributed by atoms with Crippen molar-refractivity contribution in [2.24, 2.45) is 0 Å². The highest BCUT2D eigenvalue weighted by Gasteiger charge is 2.21. The van der Waals surface area contributed by atoms with Crippen LogP contribution >= 0.6 is 22.7 Å². The van der Waals surface area contributed by atoms with Crippen molar-refractivity contribution in [2.75, 3.05) is 4.90 Å². The van der Waals surface area contributed by atoms with Gasteiger partial charge in [0.05, 0.1) is 10.4 Å². The Labute approximate surface area is 327 Å².